The first-order valence-corrected chi connectivity index (χ1v) is 7.72. The topological polar surface area (TPSA) is 138 Å². The van der Waals surface area contributed by atoms with Gasteiger partial charge in [-0.2, -0.15) is 0 Å². The smallest absolute Gasteiger partial charge is 0.321 e. The summed E-state index contributed by atoms with van der Waals surface area (Å²) in [5, 5.41) is 19.3. The van der Waals surface area contributed by atoms with Crippen LogP contribution in [0.5, 0.6) is 0 Å². The number of allylic oxidation sites excluding steroid dienone is 2. The Kier molecular flexibility index (Phi) is 10.8. The second kappa shape index (κ2) is 10.4. The molecule has 6 nitrogen and oxygen atoms in total. The molecule has 134 valence electrons. The molecule has 1 saturated carbocycles. The monoisotopic (exact) mass is 330 g/mol. The molecular weight excluding hydrogens is 300 g/mol. The lowest BCUT2D eigenvalue weighted by Gasteiger charge is -2.40. The van der Waals surface area contributed by atoms with E-state index in [0.29, 0.717) is 12.8 Å². The Labute approximate surface area is 138 Å². The van der Waals surface area contributed by atoms with Crippen LogP contribution in [0.25, 0.3) is 0 Å². The Hall–Kier alpha value is -1.40. The normalized spacial score (nSPS) is 26.3. The molecular formula is C17H30O6. The van der Waals surface area contributed by atoms with E-state index in [9.17, 15) is 19.8 Å². The lowest BCUT2D eigenvalue weighted by molar-refractivity contribution is -0.172. The molecule has 0 spiro atoms. The SMILES string of the molecule is O.O.O=C(O)C1(C(=O)O)CCCCCC2C=CCCCCC21.[CH2]. The van der Waals surface area contributed by atoms with Crippen molar-refractivity contribution in [2.75, 3.05) is 0 Å². The van der Waals surface area contributed by atoms with Gasteiger partial charge in [-0.15, -0.1) is 0 Å². The summed E-state index contributed by atoms with van der Waals surface area (Å²) in [4.78, 5) is 23.7. The van der Waals surface area contributed by atoms with Crippen LogP contribution in [0.15, 0.2) is 12.2 Å². The van der Waals surface area contributed by atoms with Crippen molar-refractivity contribution in [1.82, 2.24) is 0 Å². The highest BCUT2D eigenvalue weighted by molar-refractivity contribution is 5.98. The van der Waals surface area contributed by atoms with Crippen LogP contribution in [-0.2, 0) is 9.59 Å². The summed E-state index contributed by atoms with van der Waals surface area (Å²) in [6.45, 7) is 0. The zero-order valence-electron chi connectivity index (χ0n) is 13.6. The predicted molar refractivity (Wildman–Crippen MR) is 88.0 cm³/mol. The Morgan fingerprint density at radius 2 is 1.52 bits per heavy atom. The third kappa shape index (κ3) is 4.78. The van der Waals surface area contributed by atoms with Crippen LogP contribution in [0, 0.1) is 24.7 Å². The van der Waals surface area contributed by atoms with E-state index in [0.717, 1.165) is 38.5 Å². The fourth-order valence-electron chi connectivity index (χ4n) is 3.92. The highest BCUT2D eigenvalue weighted by atomic mass is 16.4. The van der Waals surface area contributed by atoms with Crippen LogP contribution in [0.2, 0.25) is 0 Å². The molecule has 2 radical (unpaired) electrons. The summed E-state index contributed by atoms with van der Waals surface area (Å²) in [7, 11) is 0. The number of rotatable bonds is 2. The summed E-state index contributed by atoms with van der Waals surface area (Å²) >= 11 is 0. The minimum absolute atomic E-state index is 0. The van der Waals surface area contributed by atoms with Crippen LogP contribution < -0.4 is 0 Å². The Balaban J connectivity index is 0. The van der Waals surface area contributed by atoms with Crippen LogP contribution in [0.4, 0.5) is 0 Å². The molecule has 0 bridgehead atoms. The van der Waals surface area contributed by atoms with Crippen molar-refractivity contribution in [1.29, 1.82) is 0 Å². The van der Waals surface area contributed by atoms with Crippen molar-refractivity contribution in [3.63, 3.8) is 0 Å². The summed E-state index contributed by atoms with van der Waals surface area (Å²) in [6.07, 6.45) is 11.8. The molecule has 2 rings (SSSR count). The van der Waals surface area contributed by atoms with Gasteiger partial charge in [0.25, 0.3) is 0 Å². The van der Waals surface area contributed by atoms with Gasteiger partial charge in [-0.05, 0) is 43.9 Å². The highest BCUT2D eigenvalue weighted by Crippen LogP contribution is 2.46. The zero-order valence-corrected chi connectivity index (χ0v) is 13.6. The van der Waals surface area contributed by atoms with E-state index in [1.165, 1.54) is 0 Å². The van der Waals surface area contributed by atoms with Crippen molar-refractivity contribution in [3.8, 4) is 0 Å². The van der Waals surface area contributed by atoms with E-state index >= 15 is 0 Å². The number of hydrogen-bond acceptors (Lipinski definition) is 2. The minimum atomic E-state index is -1.59. The Morgan fingerprint density at radius 1 is 0.913 bits per heavy atom. The summed E-state index contributed by atoms with van der Waals surface area (Å²) in [6, 6.07) is 0. The largest absolute Gasteiger partial charge is 0.480 e. The minimum Gasteiger partial charge on any atom is -0.480 e. The molecule has 0 aromatic rings. The first kappa shape index (κ1) is 23.9. The molecule has 2 unspecified atom stereocenters. The van der Waals surface area contributed by atoms with Crippen LogP contribution >= 0.6 is 0 Å². The van der Waals surface area contributed by atoms with Crippen molar-refractivity contribution < 1.29 is 30.8 Å². The third-order valence-electron chi connectivity index (χ3n) is 5.04. The van der Waals surface area contributed by atoms with Gasteiger partial charge in [-0.25, -0.2) is 0 Å². The van der Waals surface area contributed by atoms with Crippen molar-refractivity contribution in [2.24, 2.45) is 17.3 Å². The molecule has 23 heavy (non-hydrogen) atoms. The summed E-state index contributed by atoms with van der Waals surface area (Å²) in [5.74, 6) is -2.45. The van der Waals surface area contributed by atoms with Gasteiger partial charge in [0.15, 0.2) is 5.41 Å². The van der Waals surface area contributed by atoms with Gasteiger partial charge in [-0.3, -0.25) is 9.59 Å². The molecule has 0 heterocycles. The molecule has 0 aromatic carbocycles. The molecule has 0 aromatic heterocycles. The Morgan fingerprint density at radius 3 is 2.13 bits per heavy atom. The molecule has 2 aliphatic carbocycles. The van der Waals surface area contributed by atoms with E-state index in [4.69, 9.17) is 0 Å². The van der Waals surface area contributed by atoms with Crippen LogP contribution in [-0.4, -0.2) is 33.1 Å². The fourth-order valence-corrected chi connectivity index (χ4v) is 3.92. The summed E-state index contributed by atoms with van der Waals surface area (Å²) in [5.41, 5.74) is -1.59. The number of fused-ring (bicyclic) bond motifs is 1. The maximum Gasteiger partial charge on any atom is 0.321 e. The van der Waals surface area contributed by atoms with Gasteiger partial charge < -0.3 is 21.2 Å². The quantitative estimate of drug-likeness (QED) is 0.591. The fraction of sp³-hybridized carbons (Fsp3) is 0.706. The predicted octanol–water partition coefficient (Wildman–Crippen LogP) is 2.15. The number of carboxylic acids is 2. The third-order valence-corrected chi connectivity index (χ3v) is 5.04. The molecule has 1 fully saturated rings. The average molecular weight is 330 g/mol. The van der Waals surface area contributed by atoms with Gasteiger partial charge in [0.05, 0.1) is 0 Å². The standard InChI is InChI=1S/C16H24O4.CH2.2H2O/c17-14(18)16(15(19)20)11-7-3-5-9-12-8-4-1-2-6-10-13(12)16;;;/h4,8,12-13H,1-3,5-7,9-11H2,(H,17,18)(H,19,20);3*1H2. The molecule has 6 heteroatoms. The van der Waals surface area contributed by atoms with Crippen molar-refractivity contribution >= 4 is 11.9 Å². The lowest BCUT2D eigenvalue weighted by atomic mass is 9.62. The maximum absolute atomic E-state index is 11.8. The number of hydrogen-bond donors (Lipinski definition) is 2. The average Bonchev–Trinajstić information content (AvgIpc) is 2.34. The van der Waals surface area contributed by atoms with E-state index in [1.54, 1.807) is 0 Å². The lowest BCUT2D eigenvalue weighted by Crippen LogP contribution is -2.49. The van der Waals surface area contributed by atoms with E-state index < -0.39 is 17.4 Å². The maximum atomic E-state index is 11.8. The van der Waals surface area contributed by atoms with Gasteiger partial charge >= 0.3 is 11.9 Å². The van der Waals surface area contributed by atoms with Crippen LogP contribution in [0.3, 0.4) is 0 Å². The van der Waals surface area contributed by atoms with Gasteiger partial charge in [0.2, 0.25) is 0 Å². The Bertz CT molecular complexity index is 390. The molecule has 0 amide bonds. The molecule has 6 N–H and O–H groups in total. The first-order chi connectivity index (χ1) is 9.59. The first-order valence-electron chi connectivity index (χ1n) is 7.72. The van der Waals surface area contributed by atoms with Gasteiger partial charge in [0.1, 0.15) is 0 Å². The second-order valence-corrected chi connectivity index (χ2v) is 6.16. The second-order valence-electron chi connectivity index (χ2n) is 6.16. The highest BCUT2D eigenvalue weighted by Gasteiger charge is 2.54. The van der Waals surface area contributed by atoms with Crippen molar-refractivity contribution in [2.45, 2.75) is 57.8 Å². The summed E-state index contributed by atoms with van der Waals surface area (Å²) < 4.78 is 0. The van der Waals surface area contributed by atoms with Gasteiger partial charge in [-0.1, -0.05) is 45.3 Å². The van der Waals surface area contributed by atoms with Crippen LogP contribution in [0.1, 0.15) is 57.8 Å². The van der Waals surface area contributed by atoms with Gasteiger partial charge in [0, 0.05) is 0 Å². The zero-order chi connectivity index (χ0) is 14.6. The molecule has 0 saturated heterocycles. The van der Waals surface area contributed by atoms with E-state index in [-0.39, 0.29) is 36.6 Å². The number of aliphatic carboxylic acids is 2. The molecule has 2 atom stereocenters. The number of carboxylic acid groups (broad SMARTS) is 2. The van der Waals surface area contributed by atoms with Crippen molar-refractivity contribution in [3.05, 3.63) is 19.6 Å². The molecule has 2 aliphatic rings. The van der Waals surface area contributed by atoms with E-state index in [1.807, 2.05) is 0 Å². The number of carbonyl (C=O) groups is 2. The molecule has 0 aliphatic heterocycles. The van der Waals surface area contributed by atoms with E-state index in [2.05, 4.69) is 12.2 Å².